The van der Waals surface area contributed by atoms with Gasteiger partial charge >= 0.3 is 5.97 Å². The van der Waals surface area contributed by atoms with Crippen molar-refractivity contribution in [3.05, 3.63) is 29.8 Å². The van der Waals surface area contributed by atoms with Gasteiger partial charge in [0.15, 0.2) is 6.10 Å². The predicted octanol–water partition coefficient (Wildman–Crippen LogP) is 2.01. The van der Waals surface area contributed by atoms with E-state index in [0.717, 1.165) is 12.8 Å². The van der Waals surface area contributed by atoms with Crippen LogP contribution in [-0.2, 0) is 14.3 Å². The van der Waals surface area contributed by atoms with E-state index in [4.69, 9.17) is 9.47 Å². The van der Waals surface area contributed by atoms with Gasteiger partial charge in [-0.25, -0.2) is 0 Å². The average Bonchev–Trinajstić information content (AvgIpc) is 2.67. The Morgan fingerprint density at radius 2 is 1.89 bits per heavy atom. The number of hydrogen-bond acceptors (Lipinski definition) is 5. The Balaban J connectivity index is 1.81. The fourth-order valence-corrected chi connectivity index (χ4v) is 2.96. The number of nitrogens with zero attached hydrogens (tertiary/aromatic N) is 1. The van der Waals surface area contributed by atoms with Gasteiger partial charge in [-0.05, 0) is 44.7 Å². The molecule has 0 saturated carbocycles. The molecule has 0 spiro atoms. The Morgan fingerprint density at radius 1 is 1.22 bits per heavy atom. The predicted molar refractivity (Wildman–Crippen MR) is 100 cm³/mol. The van der Waals surface area contributed by atoms with Crippen LogP contribution >= 0.6 is 0 Å². The summed E-state index contributed by atoms with van der Waals surface area (Å²) in [5.41, 5.74) is 0.346. The third kappa shape index (κ3) is 5.98. The lowest BCUT2D eigenvalue weighted by molar-refractivity contribution is -0.158. The van der Waals surface area contributed by atoms with Crippen LogP contribution in [0.2, 0.25) is 0 Å². The fraction of sp³-hybridized carbons (Fsp3) is 0.550. The summed E-state index contributed by atoms with van der Waals surface area (Å²) in [6.07, 6.45) is 1.06. The van der Waals surface area contributed by atoms with Crippen LogP contribution in [0.1, 0.15) is 44.0 Å². The Labute approximate surface area is 160 Å². The number of likely N-dealkylation sites (tertiary alicyclic amines) is 1. The molecule has 1 heterocycles. The van der Waals surface area contributed by atoms with Gasteiger partial charge in [-0.3, -0.25) is 14.4 Å². The summed E-state index contributed by atoms with van der Waals surface area (Å²) in [5, 5.41) is 2.51. The Kier molecular flexibility index (Phi) is 7.64. The molecule has 0 radical (unpaired) electrons. The molecule has 148 valence electrons. The Morgan fingerprint density at radius 3 is 2.56 bits per heavy atom. The summed E-state index contributed by atoms with van der Waals surface area (Å²) in [4.78, 5) is 38.4. The van der Waals surface area contributed by atoms with E-state index in [0.29, 0.717) is 36.9 Å². The number of rotatable bonds is 7. The number of carbonyl (C=O) groups excluding carboxylic acids is 3. The van der Waals surface area contributed by atoms with Crippen LogP contribution in [0, 0.1) is 5.92 Å². The molecular formula is C20H28N2O5. The maximum absolute atomic E-state index is 12.4. The minimum Gasteiger partial charge on any atom is -0.493 e. The first-order chi connectivity index (χ1) is 12.9. The molecule has 1 aliphatic rings. The lowest BCUT2D eigenvalue weighted by Crippen LogP contribution is -2.44. The zero-order valence-corrected chi connectivity index (χ0v) is 16.2. The van der Waals surface area contributed by atoms with Crippen molar-refractivity contribution in [2.45, 2.75) is 39.7 Å². The zero-order valence-electron chi connectivity index (χ0n) is 16.2. The van der Waals surface area contributed by atoms with E-state index >= 15 is 0 Å². The molecule has 0 aromatic heterocycles. The number of para-hydroxylation sites is 1. The largest absolute Gasteiger partial charge is 0.493 e. The molecule has 1 unspecified atom stereocenters. The first-order valence-electron chi connectivity index (χ1n) is 9.40. The third-order valence-electron chi connectivity index (χ3n) is 4.58. The van der Waals surface area contributed by atoms with E-state index < -0.39 is 18.0 Å². The number of ether oxygens (including phenoxy) is 2. The van der Waals surface area contributed by atoms with Crippen molar-refractivity contribution in [1.82, 2.24) is 10.2 Å². The normalized spacial score (nSPS) is 15.7. The van der Waals surface area contributed by atoms with Crippen LogP contribution < -0.4 is 10.1 Å². The van der Waals surface area contributed by atoms with E-state index in [1.807, 2.05) is 6.92 Å². The number of benzene rings is 1. The first-order valence-corrected chi connectivity index (χ1v) is 9.40. The van der Waals surface area contributed by atoms with Crippen molar-refractivity contribution >= 4 is 17.8 Å². The summed E-state index contributed by atoms with van der Waals surface area (Å²) in [6.45, 7) is 7.05. The number of nitrogens with one attached hydrogen (secondary N) is 1. The van der Waals surface area contributed by atoms with Crippen molar-refractivity contribution in [3.63, 3.8) is 0 Å². The van der Waals surface area contributed by atoms with Gasteiger partial charge < -0.3 is 19.7 Å². The molecule has 27 heavy (non-hydrogen) atoms. The fourth-order valence-electron chi connectivity index (χ4n) is 2.96. The molecule has 1 aliphatic heterocycles. The molecule has 1 aromatic carbocycles. The lowest BCUT2D eigenvalue weighted by Gasteiger charge is -2.31. The molecule has 0 aliphatic carbocycles. The lowest BCUT2D eigenvalue weighted by atomic mass is 9.99. The van der Waals surface area contributed by atoms with Crippen molar-refractivity contribution < 1.29 is 23.9 Å². The van der Waals surface area contributed by atoms with Crippen molar-refractivity contribution in [2.24, 2.45) is 5.92 Å². The second-order valence-electron chi connectivity index (χ2n) is 6.75. The Bertz CT molecular complexity index is 668. The Hall–Kier alpha value is -2.57. The summed E-state index contributed by atoms with van der Waals surface area (Å²) in [6, 6.07) is 6.80. The van der Waals surface area contributed by atoms with E-state index in [2.05, 4.69) is 12.2 Å². The number of carbonyl (C=O) groups is 3. The van der Waals surface area contributed by atoms with Crippen LogP contribution in [0.4, 0.5) is 0 Å². The number of amides is 2. The van der Waals surface area contributed by atoms with Gasteiger partial charge in [-0.15, -0.1) is 0 Å². The third-order valence-corrected chi connectivity index (χ3v) is 4.58. The second-order valence-corrected chi connectivity index (χ2v) is 6.75. The monoisotopic (exact) mass is 376 g/mol. The average molecular weight is 376 g/mol. The highest BCUT2D eigenvalue weighted by atomic mass is 16.5. The van der Waals surface area contributed by atoms with Crippen LogP contribution in [-0.4, -0.2) is 55.0 Å². The summed E-state index contributed by atoms with van der Waals surface area (Å²) in [7, 11) is 0. The molecule has 1 saturated heterocycles. The van der Waals surface area contributed by atoms with Gasteiger partial charge in [0.05, 0.1) is 12.2 Å². The van der Waals surface area contributed by atoms with Gasteiger partial charge in [0.2, 0.25) is 0 Å². The molecule has 1 fully saturated rings. The van der Waals surface area contributed by atoms with E-state index in [1.54, 1.807) is 36.1 Å². The van der Waals surface area contributed by atoms with Gasteiger partial charge in [0.25, 0.3) is 11.8 Å². The van der Waals surface area contributed by atoms with E-state index in [-0.39, 0.29) is 12.5 Å². The smallest absolute Gasteiger partial charge is 0.326 e. The molecule has 2 rings (SSSR count). The molecule has 7 nitrogen and oxygen atoms in total. The van der Waals surface area contributed by atoms with Gasteiger partial charge in [-0.1, -0.05) is 19.1 Å². The van der Waals surface area contributed by atoms with Gasteiger partial charge in [-0.2, -0.15) is 0 Å². The highest BCUT2D eigenvalue weighted by molar-refractivity contribution is 5.98. The molecule has 2 amide bonds. The summed E-state index contributed by atoms with van der Waals surface area (Å²) in [5.74, 6) is -0.206. The molecular weight excluding hydrogens is 348 g/mol. The van der Waals surface area contributed by atoms with Gasteiger partial charge in [0, 0.05) is 13.1 Å². The van der Waals surface area contributed by atoms with E-state index in [1.165, 1.54) is 0 Å². The first kappa shape index (κ1) is 20.7. The molecule has 1 N–H and O–H groups in total. The minimum absolute atomic E-state index is 0.191. The molecule has 7 heteroatoms. The standard InChI is InChI=1S/C20H28N2O5/c1-4-26-17-8-6-5-7-16(17)19(24)21-13-18(23)27-15(3)20(25)22-11-9-14(2)10-12-22/h5-8,14-15H,4,9-13H2,1-3H3,(H,21,24). The van der Waals surface area contributed by atoms with Gasteiger partial charge in [0.1, 0.15) is 12.3 Å². The highest BCUT2D eigenvalue weighted by Crippen LogP contribution is 2.18. The highest BCUT2D eigenvalue weighted by Gasteiger charge is 2.26. The number of hydrogen-bond donors (Lipinski definition) is 1. The topological polar surface area (TPSA) is 84.9 Å². The van der Waals surface area contributed by atoms with Crippen LogP contribution in [0.25, 0.3) is 0 Å². The maximum atomic E-state index is 12.4. The van der Waals surface area contributed by atoms with Crippen LogP contribution in [0.5, 0.6) is 5.75 Å². The maximum Gasteiger partial charge on any atom is 0.326 e. The van der Waals surface area contributed by atoms with E-state index in [9.17, 15) is 14.4 Å². The van der Waals surface area contributed by atoms with Crippen molar-refractivity contribution in [3.8, 4) is 5.75 Å². The van der Waals surface area contributed by atoms with Crippen LogP contribution in [0.15, 0.2) is 24.3 Å². The SMILES string of the molecule is CCOc1ccccc1C(=O)NCC(=O)OC(C)C(=O)N1CCC(C)CC1. The summed E-state index contributed by atoms with van der Waals surface area (Å²) < 4.78 is 10.6. The quantitative estimate of drug-likeness (QED) is 0.736. The summed E-state index contributed by atoms with van der Waals surface area (Å²) >= 11 is 0. The number of piperidine rings is 1. The van der Waals surface area contributed by atoms with Crippen LogP contribution in [0.3, 0.4) is 0 Å². The van der Waals surface area contributed by atoms with Crippen molar-refractivity contribution in [2.75, 3.05) is 26.2 Å². The zero-order chi connectivity index (χ0) is 19.8. The molecule has 1 atom stereocenters. The molecule has 0 bridgehead atoms. The second kappa shape index (κ2) is 9.94. The number of esters is 1. The van der Waals surface area contributed by atoms with Crippen molar-refractivity contribution in [1.29, 1.82) is 0 Å². The molecule has 1 aromatic rings. The minimum atomic E-state index is -0.862.